The van der Waals surface area contributed by atoms with Crippen LogP contribution in [0.1, 0.15) is 27.2 Å². The van der Waals surface area contributed by atoms with E-state index in [0.717, 1.165) is 36.0 Å². The van der Waals surface area contributed by atoms with Crippen molar-refractivity contribution in [2.45, 2.75) is 39.3 Å². The highest BCUT2D eigenvalue weighted by Crippen LogP contribution is 2.34. The summed E-state index contributed by atoms with van der Waals surface area (Å²) in [6.07, 6.45) is 1.13. The topological polar surface area (TPSA) is 24.5 Å². The summed E-state index contributed by atoms with van der Waals surface area (Å²) >= 11 is 6.43. The molecule has 0 radical (unpaired) electrons. The summed E-state index contributed by atoms with van der Waals surface area (Å²) in [7, 11) is 1.69. The molecular formula is C16H25ClN2O. The lowest BCUT2D eigenvalue weighted by molar-refractivity contribution is 0.333. The number of rotatable bonds is 4. The van der Waals surface area contributed by atoms with Crippen LogP contribution in [0, 0.1) is 5.92 Å². The Labute approximate surface area is 127 Å². The Morgan fingerprint density at radius 2 is 2.20 bits per heavy atom. The van der Waals surface area contributed by atoms with Crippen LogP contribution in [0.15, 0.2) is 18.2 Å². The van der Waals surface area contributed by atoms with E-state index in [1.165, 1.54) is 0 Å². The molecule has 0 aromatic heterocycles. The highest BCUT2D eigenvalue weighted by atomic mass is 35.5. The zero-order valence-electron chi connectivity index (χ0n) is 12.8. The average Bonchev–Trinajstić information content (AvgIpc) is 2.47. The summed E-state index contributed by atoms with van der Waals surface area (Å²) in [6.45, 7) is 8.74. The number of benzene rings is 1. The second kappa shape index (κ2) is 6.68. The second-order valence-corrected chi connectivity index (χ2v) is 6.20. The first-order valence-electron chi connectivity index (χ1n) is 7.40. The van der Waals surface area contributed by atoms with Crippen LogP contribution in [0.25, 0.3) is 0 Å². The lowest BCUT2D eigenvalue weighted by atomic mass is 9.97. The number of nitrogens with one attached hydrogen (secondary N) is 1. The third-order valence-electron chi connectivity index (χ3n) is 4.16. The molecule has 112 valence electrons. The van der Waals surface area contributed by atoms with Gasteiger partial charge in [0.05, 0.1) is 17.8 Å². The van der Waals surface area contributed by atoms with Crippen LogP contribution in [0.2, 0.25) is 5.02 Å². The Balaban J connectivity index is 2.34. The van der Waals surface area contributed by atoms with Gasteiger partial charge in [-0.2, -0.15) is 0 Å². The Bertz CT molecular complexity index is 450. The summed E-state index contributed by atoms with van der Waals surface area (Å²) in [6, 6.07) is 6.87. The van der Waals surface area contributed by atoms with Crippen LogP contribution in [0.4, 0.5) is 5.69 Å². The van der Waals surface area contributed by atoms with E-state index in [2.05, 4.69) is 37.1 Å². The molecule has 0 amide bonds. The van der Waals surface area contributed by atoms with Crippen molar-refractivity contribution in [3.8, 4) is 5.75 Å². The fourth-order valence-corrected chi connectivity index (χ4v) is 3.05. The minimum Gasteiger partial charge on any atom is -0.497 e. The van der Waals surface area contributed by atoms with Crippen LogP contribution in [0.5, 0.6) is 5.75 Å². The Morgan fingerprint density at radius 3 is 2.80 bits per heavy atom. The predicted octanol–water partition coefficient (Wildman–Crippen LogP) is 3.56. The van der Waals surface area contributed by atoms with Crippen molar-refractivity contribution in [3.63, 3.8) is 0 Å². The molecular weight excluding hydrogens is 272 g/mol. The van der Waals surface area contributed by atoms with E-state index in [1.54, 1.807) is 7.11 Å². The molecule has 1 aliphatic heterocycles. The Hall–Kier alpha value is -0.930. The van der Waals surface area contributed by atoms with Gasteiger partial charge in [-0.15, -0.1) is 0 Å². The van der Waals surface area contributed by atoms with E-state index >= 15 is 0 Å². The van der Waals surface area contributed by atoms with Gasteiger partial charge in [0.1, 0.15) is 5.75 Å². The molecule has 4 heteroatoms. The summed E-state index contributed by atoms with van der Waals surface area (Å²) in [5, 5.41) is 4.43. The summed E-state index contributed by atoms with van der Waals surface area (Å²) in [5.41, 5.74) is 1.09. The van der Waals surface area contributed by atoms with E-state index in [-0.39, 0.29) is 0 Å². The van der Waals surface area contributed by atoms with Crippen molar-refractivity contribution >= 4 is 17.3 Å². The van der Waals surface area contributed by atoms with Gasteiger partial charge in [-0.1, -0.05) is 32.4 Å². The summed E-state index contributed by atoms with van der Waals surface area (Å²) in [5.74, 6) is 1.43. The molecule has 1 heterocycles. The Kier molecular flexibility index (Phi) is 5.17. The van der Waals surface area contributed by atoms with Gasteiger partial charge in [0.2, 0.25) is 0 Å². The first-order chi connectivity index (χ1) is 9.56. The fourth-order valence-electron chi connectivity index (χ4n) is 2.82. The minimum atomic E-state index is 0.461. The minimum absolute atomic E-state index is 0.461. The second-order valence-electron chi connectivity index (χ2n) is 5.79. The van der Waals surface area contributed by atoms with Crippen LogP contribution < -0.4 is 15.0 Å². The van der Waals surface area contributed by atoms with Gasteiger partial charge in [0.25, 0.3) is 0 Å². The van der Waals surface area contributed by atoms with Crippen molar-refractivity contribution in [3.05, 3.63) is 23.2 Å². The van der Waals surface area contributed by atoms with E-state index in [4.69, 9.17) is 16.3 Å². The smallest absolute Gasteiger partial charge is 0.121 e. The molecule has 2 unspecified atom stereocenters. The van der Waals surface area contributed by atoms with Crippen LogP contribution >= 0.6 is 11.6 Å². The summed E-state index contributed by atoms with van der Waals surface area (Å²) in [4.78, 5) is 2.44. The maximum absolute atomic E-state index is 6.43. The number of methoxy groups -OCH3 is 1. The third-order valence-corrected chi connectivity index (χ3v) is 4.48. The fraction of sp³-hybridized carbons (Fsp3) is 0.625. The van der Waals surface area contributed by atoms with E-state index in [1.807, 2.05) is 12.1 Å². The SMILES string of the molecule is CCC1CN(c2cc(OC)ccc2Cl)C(C(C)C)CN1. The molecule has 1 saturated heterocycles. The number of piperazine rings is 1. The van der Waals surface area contributed by atoms with Crippen molar-refractivity contribution in [2.75, 3.05) is 25.1 Å². The lowest BCUT2D eigenvalue weighted by Crippen LogP contribution is -2.58. The van der Waals surface area contributed by atoms with Gasteiger partial charge < -0.3 is 15.0 Å². The molecule has 0 bridgehead atoms. The largest absolute Gasteiger partial charge is 0.497 e. The number of nitrogens with zero attached hydrogens (tertiary/aromatic N) is 1. The number of halogens is 1. The lowest BCUT2D eigenvalue weighted by Gasteiger charge is -2.44. The molecule has 20 heavy (non-hydrogen) atoms. The maximum Gasteiger partial charge on any atom is 0.121 e. The average molecular weight is 297 g/mol. The van der Waals surface area contributed by atoms with E-state index in [9.17, 15) is 0 Å². The number of hydrogen-bond donors (Lipinski definition) is 1. The van der Waals surface area contributed by atoms with Crippen molar-refractivity contribution < 1.29 is 4.74 Å². The molecule has 1 aromatic carbocycles. The molecule has 3 nitrogen and oxygen atoms in total. The van der Waals surface area contributed by atoms with Crippen molar-refractivity contribution in [2.24, 2.45) is 5.92 Å². The third kappa shape index (κ3) is 3.21. The first kappa shape index (κ1) is 15.5. The highest BCUT2D eigenvalue weighted by molar-refractivity contribution is 6.33. The number of ether oxygens (including phenoxy) is 1. The van der Waals surface area contributed by atoms with Gasteiger partial charge in [-0.3, -0.25) is 0 Å². The predicted molar refractivity (Wildman–Crippen MR) is 86.1 cm³/mol. The van der Waals surface area contributed by atoms with Crippen LogP contribution in [-0.2, 0) is 0 Å². The quantitative estimate of drug-likeness (QED) is 0.919. The molecule has 1 aliphatic rings. The molecule has 2 atom stereocenters. The zero-order chi connectivity index (χ0) is 14.7. The molecule has 1 aromatic rings. The van der Waals surface area contributed by atoms with Gasteiger partial charge in [-0.05, 0) is 24.5 Å². The standard InChI is InChI=1S/C16H25ClN2O/c1-5-12-10-19(16(9-18-12)11(2)3)15-8-13(20-4)6-7-14(15)17/h6-8,11-12,16,18H,5,9-10H2,1-4H3. The van der Waals surface area contributed by atoms with Gasteiger partial charge in [-0.25, -0.2) is 0 Å². The molecule has 2 rings (SSSR count). The van der Waals surface area contributed by atoms with Crippen molar-refractivity contribution in [1.29, 1.82) is 0 Å². The van der Waals surface area contributed by atoms with E-state index < -0.39 is 0 Å². The monoisotopic (exact) mass is 296 g/mol. The molecule has 0 saturated carbocycles. The van der Waals surface area contributed by atoms with Crippen LogP contribution in [0.3, 0.4) is 0 Å². The van der Waals surface area contributed by atoms with Gasteiger partial charge >= 0.3 is 0 Å². The number of hydrogen-bond acceptors (Lipinski definition) is 3. The maximum atomic E-state index is 6.43. The first-order valence-corrected chi connectivity index (χ1v) is 7.78. The van der Waals surface area contributed by atoms with Crippen LogP contribution in [-0.4, -0.2) is 32.3 Å². The van der Waals surface area contributed by atoms with E-state index in [0.29, 0.717) is 18.0 Å². The molecule has 0 aliphatic carbocycles. The van der Waals surface area contributed by atoms with Gasteiger partial charge in [0, 0.05) is 31.2 Å². The highest BCUT2D eigenvalue weighted by Gasteiger charge is 2.30. The number of anilines is 1. The Morgan fingerprint density at radius 1 is 1.45 bits per heavy atom. The van der Waals surface area contributed by atoms with Gasteiger partial charge in [0.15, 0.2) is 0 Å². The molecule has 0 spiro atoms. The van der Waals surface area contributed by atoms with Crippen molar-refractivity contribution in [1.82, 2.24) is 5.32 Å². The molecule has 1 fully saturated rings. The molecule has 1 N–H and O–H groups in total. The zero-order valence-corrected chi connectivity index (χ0v) is 13.6. The normalized spacial score (nSPS) is 23.2. The summed E-state index contributed by atoms with van der Waals surface area (Å²) < 4.78 is 5.35.